The largest absolute Gasteiger partial charge is 0.496 e. The molecule has 1 heterocycles. The first kappa shape index (κ1) is 14.9. The Morgan fingerprint density at radius 1 is 1.30 bits per heavy atom. The van der Waals surface area contributed by atoms with E-state index in [-0.39, 0.29) is 11.8 Å². The van der Waals surface area contributed by atoms with Gasteiger partial charge < -0.3 is 14.7 Å². The van der Waals surface area contributed by atoms with E-state index in [1.807, 2.05) is 43.0 Å². The lowest BCUT2D eigenvalue weighted by molar-refractivity contribution is -0.139. The topological polar surface area (TPSA) is 49.8 Å². The van der Waals surface area contributed by atoms with Crippen LogP contribution in [0.4, 0.5) is 0 Å². The fourth-order valence-electron chi connectivity index (χ4n) is 2.76. The number of methoxy groups -OCH3 is 1. The van der Waals surface area contributed by atoms with Crippen molar-refractivity contribution in [1.29, 1.82) is 0 Å². The van der Waals surface area contributed by atoms with Crippen LogP contribution in [0.25, 0.3) is 0 Å². The second-order valence-corrected chi connectivity index (χ2v) is 5.71. The quantitative estimate of drug-likeness (QED) is 0.921. The molecule has 0 aliphatic carbocycles. The van der Waals surface area contributed by atoms with Gasteiger partial charge in [-0.2, -0.15) is 0 Å². The molecule has 1 fully saturated rings. The van der Waals surface area contributed by atoms with Crippen LogP contribution in [0.3, 0.4) is 0 Å². The van der Waals surface area contributed by atoms with E-state index in [9.17, 15) is 9.90 Å². The van der Waals surface area contributed by atoms with Gasteiger partial charge in [-0.1, -0.05) is 32.0 Å². The van der Waals surface area contributed by atoms with E-state index in [2.05, 4.69) is 0 Å². The lowest BCUT2D eigenvalue weighted by Gasteiger charge is -2.39. The van der Waals surface area contributed by atoms with E-state index in [0.29, 0.717) is 31.7 Å². The summed E-state index contributed by atoms with van der Waals surface area (Å²) in [5.74, 6) is 0.873. The van der Waals surface area contributed by atoms with E-state index in [4.69, 9.17) is 4.74 Å². The maximum Gasteiger partial charge on any atom is 0.225 e. The number of carbonyl (C=O) groups excluding carboxylic acids is 1. The molecule has 1 aromatic carbocycles. The number of benzene rings is 1. The van der Waals surface area contributed by atoms with Crippen LogP contribution in [0.1, 0.15) is 32.3 Å². The number of likely N-dealkylation sites (tertiary alicyclic amines) is 1. The molecular formula is C16H23NO3. The summed E-state index contributed by atoms with van der Waals surface area (Å²) in [5.41, 5.74) is -0.0838. The molecule has 4 heteroatoms. The van der Waals surface area contributed by atoms with Gasteiger partial charge in [0.15, 0.2) is 0 Å². The molecule has 0 aromatic heterocycles. The first-order valence-corrected chi connectivity index (χ1v) is 7.12. The number of amides is 1. The van der Waals surface area contributed by atoms with E-state index < -0.39 is 5.60 Å². The van der Waals surface area contributed by atoms with Gasteiger partial charge in [0, 0.05) is 24.6 Å². The molecule has 0 radical (unpaired) electrons. The third kappa shape index (κ3) is 2.80. The maximum atomic E-state index is 12.0. The lowest BCUT2D eigenvalue weighted by Crippen LogP contribution is -2.46. The minimum absolute atomic E-state index is 0.00690. The van der Waals surface area contributed by atoms with Gasteiger partial charge in [0.25, 0.3) is 0 Å². The van der Waals surface area contributed by atoms with Crippen molar-refractivity contribution in [2.45, 2.75) is 32.3 Å². The summed E-state index contributed by atoms with van der Waals surface area (Å²) in [6, 6.07) is 7.56. The third-order valence-electron chi connectivity index (χ3n) is 4.00. The number of para-hydroxylation sites is 1. The Morgan fingerprint density at radius 3 is 2.45 bits per heavy atom. The van der Waals surface area contributed by atoms with Crippen LogP contribution >= 0.6 is 0 Å². The number of rotatable bonds is 3. The summed E-state index contributed by atoms with van der Waals surface area (Å²) in [6.45, 7) is 4.99. The molecule has 1 aliphatic heterocycles. The van der Waals surface area contributed by atoms with Crippen LogP contribution in [-0.2, 0) is 10.4 Å². The summed E-state index contributed by atoms with van der Waals surface area (Å²) in [4.78, 5) is 13.8. The molecule has 1 aliphatic rings. The van der Waals surface area contributed by atoms with Crippen LogP contribution in [-0.4, -0.2) is 36.1 Å². The van der Waals surface area contributed by atoms with E-state index in [1.165, 1.54) is 0 Å². The van der Waals surface area contributed by atoms with Gasteiger partial charge >= 0.3 is 0 Å². The molecule has 1 N–H and O–H groups in total. The zero-order chi connectivity index (χ0) is 14.8. The first-order chi connectivity index (χ1) is 9.48. The van der Waals surface area contributed by atoms with Gasteiger partial charge in [-0.25, -0.2) is 0 Å². The van der Waals surface area contributed by atoms with Crippen molar-refractivity contribution in [3.63, 3.8) is 0 Å². The molecule has 110 valence electrons. The zero-order valence-electron chi connectivity index (χ0n) is 12.4. The highest BCUT2D eigenvalue weighted by Crippen LogP contribution is 2.38. The molecule has 0 bridgehead atoms. The Balaban J connectivity index is 2.13. The van der Waals surface area contributed by atoms with Gasteiger partial charge in [0.2, 0.25) is 5.91 Å². The Morgan fingerprint density at radius 2 is 1.90 bits per heavy atom. The standard InChI is InChI=1S/C16H23NO3/c1-12(2)15(18)17-10-8-16(19,9-11-17)13-6-4-5-7-14(13)20-3/h4-7,12,19H,8-11H2,1-3H3. The van der Waals surface area contributed by atoms with Gasteiger partial charge in [-0.3, -0.25) is 4.79 Å². The van der Waals surface area contributed by atoms with E-state index >= 15 is 0 Å². The number of aliphatic hydroxyl groups is 1. The summed E-state index contributed by atoms with van der Waals surface area (Å²) < 4.78 is 5.34. The highest BCUT2D eigenvalue weighted by Gasteiger charge is 2.37. The highest BCUT2D eigenvalue weighted by molar-refractivity contribution is 5.78. The van der Waals surface area contributed by atoms with Gasteiger partial charge in [-0.05, 0) is 18.9 Å². The predicted molar refractivity (Wildman–Crippen MR) is 77.5 cm³/mol. The van der Waals surface area contributed by atoms with Gasteiger partial charge in [-0.15, -0.1) is 0 Å². The third-order valence-corrected chi connectivity index (χ3v) is 4.00. The molecule has 0 saturated carbocycles. The van der Waals surface area contributed by atoms with Crippen LogP contribution in [0.2, 0.25) is 0 Å². The van der Waals surface area contributed by atoms with Crippen molar-refractivity contribution in [1.82, 2.24) is 4.90 Å². The summed E-state index contributed by atoms with van der Waals surface area (Å²) in [7, 11) is 1.61. The van der Waals surface area contributed by atoms with Crippen LogP contribution in [0, 0.1) is 5.92 Å². The molecule has 20 heavy (non-hydrogen) atoms. The molecule has 1 amide bonds. The number of piperidine rings is 1. The van der Waals surface area contributed by atoms with Crippen LogP contribution in [0.15, 0.2) is 24.3 Å². The SMILES string of the molecule is COc1ccccc1C1(O)CCN(C(=O)C(C)C)CC1. The smallest absolute Gasteiger partial charge is 0.225 e. The Bertz CT molecular complexity index is 476. The molecule has 0 spiro atoms. The normalized spacial score (nSPS) is 18.1. The minimum Gasteiger partial charge on any atom is -0.496 e. The van der Waals surface area contributed by atoms with Crippen molar-refractivity contribution < 1.29 is 14.6 Å². The maximum absolute atomic E-state index is 12.0. The highest BCUT2D eigenvalue weighted by atomic mass is 16.5. The van der Waals surface area contributed by atoms with E-state index in [1.54, 1.807) is 7.11 Å². The molecule has 2 rings (SSSR count). The Labute approximate surface area is 120 Å². The number of hydrogen-bond donors (Lipinski definition) is 1. The van der Waals surface area contributed by atoms with Crippen LogP contribution in [0.5, 0.6) is 5.75 Å². The summed E-state index contributed by atoms with van der Waals surface area (Å²) in [5, 5.41) is 10.9. The van der Waals surface area contributed by atoms with Crippen LogP contribution < -0.4 is 4.74 Å². The summed E-state index contributed by atoms with van der Waals surface area (Å²) in [6.07, 6.45) is 1.09. The van der Waals surface area contributed by atoms with Gasteiger partial charge in [0.1, 0.15) is 5.75 Å². The fourth-order valence-corrected chi connectivity index (χ4v) is 2.76. The fraction of sp³-hybridized carbons (Fsp3) is 0.562. The lowest BCUT2D eigenvalue weighted by atomic mass is 9.83. The second kappa shape index (κ2) is 5.83. The summed E-state index contributed by atoms with van der Waals surface area (Å²) >= 11 is 0. The average molecular weight is 277 g/mol. The molecule has 4 nitrogen and oxygen atoms in total. The Hall–Kier alpha value is -1.55. The van der Waals surface area contributed by atoms with Crippen molar-refractivity contribution in [3.05, 3.63) is 29.8 Å². The predicted octanol–water partition coefficient (Wildman–Crippen LogP) is 2.16. The van der Waals surface area contributed by atoms with Crippen molar-refractivity contribution in [2.24, 2.45) is 5.92 Å². The van der Waals surface area contributed by atoms with E-state index in [0.717, 1.165) is 5.56 Å². The number of carbonyl (C=O) groups is 1. The monoisotopic (exact) mass is 277 g/mol. The molecular weight excluding hydrogens is 254 g/mol. The molecule has 0 unspecified atom stereocenters. The number of hydrogen-bond acceptors (Lipinski definition) is 3. The second-order valence-electron chi connectivity index (χ2n) is 5.71. The minimum atomic E-state index is -0.902. The first-order valence-electron chi connectivity index (χ1n) is 7.12. The van der Waals surface area contributed by atoms with Crippen molar-refractivity contribution in [2.75, 3.05) is 20.2 Å². The van der Waals surface area contributed by atoms with Crippen molar-refractivity contribution >= 4 is 5.91 Å². The molecule has 1 saturated heterocycles. The zero-order valence-corrected chi connectivity index (χ0v) is 12.4. The van der Waals surface area contributed by atoms with Crippen molar-refractivity contribution in [3.8, 4) is 5.75 Å². The molecule has 1 aromatic rings. The average Bonchev–Trinajstić information content (AvgIpc) is 2.47. The number of nitrogens with zero attached hydrogens (tertiary/aromatic N) is 1. The molecule has 0 atom stereocenters. The Kier molecular flexibility index (Phi) is 4.33. The van der Waals surface area contributed by atoms with Gasteiger partial charge in [0.05, 0.1) is 12.7 Å². The number of ether oxygens (including phenoxy) is 1.